The molecule has 0 spiro atoms. The molecule has 0 aliphatic carbocycles. The third-order valence-electron chi connectivity index (χ3n) is 2.90. The molecule has 0 amide bonds. The Kier molecular flexibility index (Phi) is 4.33. The molecule has 0 aromatic carbocycles. The molecule has 2 N–H and O–H groups in total. The Morgan fingerprint density at radius 2 is 2.44 bits per heavy atom. The third-order valence-corrected chi connectivity index (χ3v) is 2.90. The molecule has 6 nitrogen and oxygen atoms in total. The molecule has 2 rings (SSSR count). The molecule has 1 aliphatic heterocycles. The van der Waals surface area contributed by atoms with Crippen molar-refractivity contribution < 1.29 is 9.47 Å². The predicted molar refractivity (Wildman–Crippen MR) is 68.8 cm³/mol. The number of nitrogens with zero attached hydrogens (tertiary/aromatic N) is 3. The standard InChI is InChI=1S/C12H20N4O2/c1-3-17-12-7-14-6-11(15-12)16-4-5-18-10(8-16)9(2)13/h6-7,9-10H,3-5,8,13H2,1-2H3. The summed E-state index contributed by atoms with van der Waals surface area (Å²) in [5.74, 6) is 1.37. The van der Waals surface area contributed by atoms with E-state index in [4.69, 9.17) is 15.2 Å². The van der Waals surface area contributed by atoms with Gasteiger partial charge in [0, 0.05) is 19.1 Å². The second-order valence-corrected chi connectivity index (χ2v) is 4.36. The topological polar surface area (TPSA) is 73.5 Å². The number of hydrogen-bond acceptors (Lipinski definition) is 6. The van der Waals surface area contributed by atoms with Crippen LogP contribution in [0.5, 0.6) is 5.88 Å². The zero-order chi connectivity index (χ0) is 13.0. The summed E-state index contributed by atoms with van der Waals surface area (Å²) >= 11 is 0. The zero-order valence-electron chi connectivity index (χ0n) is 10.9. The van der Waals surface area contributed by atoms with E-state index in [0.717, 1.165) is 18.9 Å². The van der Waals surface area contributed by atoms with Crippen molar-refractivity contribution in [3.63, 3.8) is 0 Å². The molecule has 18 heavy (non-hydrogen) atoms. The summed E-state index contributed by atoms with van der Waals surface area (Å²) in [4.78, 5) is 10.7. The van der Waals surface area contributed by atoms with Crippen LogP contribution in [0.2, 0.25) is 0 Å². The summed E-state index contributed by atoms with van der Waals surface area (Å²) < 4.78 is 11.0. The Labute approximate surface area is 107 Å². The Morgan fingerprint density at radius 3 is 3.17 bits per heavy atom. The van der Waals surface area contributed by atoms with E-state index < -0.39 is 0 Å². The van der Waals surface area contributed by atoms with E-state index in [-0.39, 0.29) is 12.1 Å². The van der Waals surface area contributed by atoms with Gasteiger partial charge in [-0.2, -0.15) is 4.98 Å². The molecule has 0 saturated carbocycles. The molecule has 2 heterocycles. The molecule has 0 radical (unpaired) electrons. The summed E-state index contributed by atoms with van der Waals surface area (Å²) in [5.41, 5.74) is 5.87. The Morgan fingerprint density at radius 1 is 1.61 bits per heavy atom. The van der Waals surface area contributed by atoms with Crippen LogP contribution < -0.4 is 15.4 Å². The van der Waals surface area contributed by atoms with E-state index in [1.807, 2.05) is 13.8 Å². The smallest absolute Gasteiger partial charge is 0.234 e. The molecule has 1 fully saturated rings. The van der Waals surface area contributed by atoms with Crippen molar-refractivity contribution in [1.29, 1.82) is 0 Å². The van der Waals surface area contributed by atoms with Gasteiger partial charge in [0.2, 0.25) is 5.88 Å². The van der Waals surface area contributed by atoms with Crippen molar-refractivity contribution in [2.24, 2.45) is 5.73 Å². The van der Waals surface area contributed by atoms with E-state index in [0.29, 0.717) is 19.1 Å². The van der Waals surface area contributed by atoms with Gasteiger partial charge in [0.25, 0.3) is 0 Å². The van der Waals surface area contributed by atoms with Crippen LogP contribution in [-0.4, -0.2) is 48.4 Å². The highest BCUT2D eigenvalue weighted by atomic mass is 16.5. The molecular weight excluding hydrogens is 232 g/mol. The lowest BCUT2D eigenvalue weighted by Crippen LogP contribution is -2.49. The SMILES string of the molecule is CCOc1cncc(N2CCOC(C(C)N)C2)n1. The largest absolute Gasteiger partial charge is 0.477 e. The highest BCUT2D eigenvalue weighted by Crippen LogP contribution is 2.18. The number of ether oxygens (including phenoxy) is 2. The lowest BCUT2D eigenvalue weighted by Gasteiger charge is -2.35. The first kappa shape index (κ1) is 13.0. The molecule has 2 unspecified atom stereocenters. The maximum atomic E-state index is 5.87. The average molecular weight is 252 g/mol. The second kappa shape index (κ2) is 5.97. The number of anilines is 1. The van der Waals surface area contributed by atoms with Crippen molar-refractivity contribution >= 4 is 5.82 Å². The molecule has 100 valence electrons. The van der Waals surface area contributed by atoms with Gasteiger partial charge < -0.3 is 20.1 Å². The summed E-state index contributed by atoms with van der Waals surface area (Å²) in [7, 11) is 0. The number of rotatable bonds is 4. The normalized spacial score (nSPS) is 21.7. The summed E-state index contributed by atoms with van der Waals surface area (Å²) in [6.45, 7) is 6.66. The molecule has 1 saturated heterocycles. The van der Waals surface area contributed by atoms with E-state index >= 15 is 0 Å². The fourth-order valence-electron chi connectivity index (χ4n) is 1.91. The molecule has 1 aromatic heterocycles. The van der Waals surface area contributed by atoms with E-state index in [1.54, 1.807) is 12.4 Å². The fourth-order valence-corrected chi connectivity index (χ4v) is 1.91. The van der Waals surface area contributed by atoms with Crippen LogP contribution in [0.25, 0.3) is 0 Å². The minimum absolute atomic E-state index is 0.0100. The Bertz CT molecular complexity index is 386. The third kappa shape index (κ3) is 3.08. The van der Waals surface area contributed by atoms with Gasteiger partial charge in [-0.15, -0.1) is 0 Å². The average Bonchev–Trinajstić information content (AvgIpc) is 2.39. The van der Waals surface area contributed by atoms with E-state index in [2.05, 4.69) is 14.9 Å². The first-order valence-electron chi connectivity index (χ1n) is 6.27. The van der Waals surface area contributed by atoms with Crippen molar-refractivity contribution in [3.05, 3.63) is 12.4 Å². The van der Waals surface area contributed by atoms with Crippen molar-refractivity contribution in [2.75, 3.05) is 31.2 Å². The highest BCUT2D eigenvalue weighted by molar-refractivity contribution is 5.38. The van der Waals surface area contributed by atoms with Crippen LogP contribution >= 0.6 is 0 Å². The summed E-state index contributed by atoms with van der Waals surface area (Å²) in [5, 5.41) is 0. The highest BCUT2D eigenvalue weighted by Gasteiger charge is 2.24. The van der Waals surface area contributed by atoms with Crippen molar-refractivity contribution in [1.82, 2.24) is 9.97 Å². The first-order chi connectivity index (χ1) is 8.70. The van der Waals surface area contributed by atoms with Gasteiger partial charge in [-0.25, -0.2) is 0 Å². The van der Waals surface area contributed by atoms with Gasteiger partial charge in [0.15, 0.2) is 5.82 Å². The van der Waals surface area contributed by atoms with E-state index in [9.17, 15) is 0 Å². The van der Waals surface area contributed by atoms with Crippen molar-refractivity contribution in [3.8, 4) is 5.88 Å². The minimum atomic E-state index is 0.0100. The number of morpholine rings is 1. The van der Waals surface area contributed by atoms with E-state index in [1.165, 1.54) is 0 Å². The monoisotopic (exact) mass is 252 g/mol. The quantitative estimate of drug-likeness (QED) is 0.837. The Balaban J connectivity index is 2.08. The summed E-state index contributed by atoms with van der Waals surface area (Å²) in [6, 6.07) is 0.0100. The fraction of sp³-hybridized carbons (Fsp3) is 0.667. The van der Waals surface area contributed by atoms with Gasteiger partial charge in [0.05, 0.1) is 31.7 Å². The maximum Gasteiger partial charge on any atom is 0.234 e. The zero-order valence-corrected chi connectivity index (χ0v) is 10.9. The minimum Gasteiger partial charge on any atom is -0.477 e. The molecule has 0 bridgehead atoms. The van der Waals surface area contributed by atoms with Crippen LogP contribution in [0.1, 0.15) is 13.8 Å². The van der Waals surface area contributed by atoms with Gasteiger partial charge in [-0.05, 0) is 13.8 Å². The number of hydrogen-bond donors (Lipinski definition) is 1. The predicted octanol–water partition coefficient (Wildman–Crippen LogP) is 0.428. The van der Waals surface area contributed by atoms with Gasteiger partial charge in [-0.1, -0.05) is 0 Å². The molecule has 6 heteroatoms. The van der Waals surface area contributed by atoms with Gasteiger partial charge in [-0.3, -0.25) is 4.98 Å². The molecule has 1 aromatic rings. The van der Waals surface area contributed by atoms with Crippen LogP contribution in [0.15, 0.2) is 12.4 Å². The van der Waals surface area contributed by atoms with Crippen molar-refractivity contribution in [2.45, 2.75) is 26.0 Å². The van der Waals surface area contributed by atoms with Crippen LogP contribution in [0.3, 0.4) is 0 Å². The van der Waals surface area contributed by atoms with Crippen LogP contribution in [-0.2, 0) is 4.74 Å². The van der Waals surface area contributed by atoms with Crippen LogP contribution in [0, 0.1) is 0 Å². The number of nitrogens with two attached hydrogens (primary N) is 1. The molecular formula is C12H20N4O2. The number of aromatic nitrogens is 2. The second-order valence-electron chi connectivity index (χ2n) is 4.36. The summed E-state index contributed by atoms with van der Waals surface area (Å²) in [6.07, 6.45) is 3.40. The van der Waals surface area contributed by atoms with Gasteiger partial charge in [0.1, 0.15) is 0 Å². The maximum absolute atomic E-state index is 5.87. The Hall–Kier alpha value is -1.40. The molecule has 1 aliphatic rings. The molecule has 2 atom stereocenters. The van der Waals surface area contributed by atoms with Gasteiger partial charge >= 0.3 is 0 Å². The first-order valence-corrected chi connectivity index (χ1v) is 6.27. The lowest BCUT2D eigenvalue weighted by molar-refractivity contribution is 0.0273. The lowest BCUT2D eigenvalue weighted by atomic mass is 10.1. The van der Waals surface area contributed by atoms with Crippen LogP contribution in [0.4, 0.5) is 5.82 Å².